The smallest absolute Gasteiger partial charge is 0.249 e. The van der Waals surface area contributed by atoms with Gasteiger partial charge in [-0.05, 0) is 26.0 Å². The van der Waals surface area contributed by atoms with Gasteiger partial charge in [0, 0.05) is 23.3 Å². The van der Waals surface area contributed by atoms with E-state index >= 15 is 0 Å². The van der Waals surface area contributed by atoms with E-state index in [0.717, 1.165) is 16.3 Å². The highest BCUT2D eigenvalue weighted by atomic mass is 32.1. The summed E-state index contributed by atoms with van der Waals surface area (Å²) >= 11 is 1.52. The molecule has 0 fully saturated rings. The minimum atomic E-state index is -0.514. The molecule has 2 heterocycles. The highest BCUT2D eigenvalue weighted by Gasteiger charge is 2.18. The largest absolute Gasteiger partial charge is 0.365 e. The van der Waals surface area contributed by atoms with Crippen LogP contribution in [0.5, 0.6) is 0 Å². The van der Waals surface area contributed by atoms with Gasteiger partial charge in [0.1, 0.15) is 11.1 Å². The molecule has 0 unspecified atom stereocenters. The maximum absolute atomic E-state index is 12.0. The van der Waals surface area contributed by atoms with Crippen LogP contribution in [0.4, 0.5) is 0 Å². The van der Waals surface area contributed by atoms with Crippen LogP contribution in [0.2, 0.25) is 0 Å². The summed E-state index contributed by atoms with van der Waals surface area (Å²) in [6.45, 7) is 7.54. The molecule has 2 rings (SSSR count). The zero-order chi connectivity index (χ0) is 15.9. The topological polar surface area (TPSA) is 64.1 Å². The van der Waals surface area contributed by atoms with Gasteiger partial charge in [-0.1, -0.05) is 6.08 Å². The Morgan fingerprint density at radius 2 is 2.18 bits per heavy atom. The molecule has 116 valence electrons. The molecule has 22 heavy (non-hydrogen) atoms. The Labute approximate surface area is 134 Å². The number of amides is 1. The highest BCUT2D eigenvalue weighted by molar-refractivity contribution is 7.10. The van der Waals surface area contributed by atoms with E-state index in [0.29, 0.717) is 6.61 Å². The summed E-state index contributed by atoms with van der Waals surface area (Å²) in [6, 6.07) is 3.66. The Morgan fingerprint density at radius 3 is 2.86 bits per heavy atom. The van der Waals surface area contributed by atoms with E-state index in [1.165, 1.54) is 11.3 Å². The Morgan fingerprint density at radius 1 is 1.45 bits per heavy atom. The molecule has 2 aromatic heterocycles. The van der Waals surface area contributed by atoms with E-state index in [1.54, 1.807) is 25.4 Å². The van der Waals surface area contributed by atoms with Gasteiger partial charge in [-0.25, -0.2) is 4.98 Å². The molecule has 0 aliphatic heterocycles. The van der Waals surface area contributed by atoms with Crippen molar-refractivity contribution in [2.45, 2.75) is 26.0 Å². The van der Waals surface area contributed by atoms with Gasteiger partial charge in [-0.2, -0.15) is 0 Å². The molecule has 0 aliphatic carbocycles. The molecular weight excluding hydrogens is 298 g/mol. The summed E-state index contributed by atoms with van der Waals surface area (Å²) in [5, 5.41) is 5.74. The minimum absolute atomic E-state index is 0.157. The van der Waals surface area contributed by atoms with E-state index in [1.807, 2.05) is 24.4 Å². The zero-order valence-electron chi connectivity index (χ0n) is 12.7. The fourth-order valence-electron chi connectivity index (χ4n) is 1.82. The number of nitrogens with zero attached hydrogens (tertiary/aromatic N) is 2. The zero-order valence-corrected chi connectivity index (χ0v) is 13.5. The average Bonchev–Trinajstić information content (AvgIpc) is 3.03. The molecular formula is C16H19N3O2S. The number of nitrogens with one attached hydrogen (secondary N) is 1. The van der Waals surface area contributed by atoms with Crippen molar-refractivity contribution in [1.29, 1.82) is 0 Å². The first kappa shape index (κ1) is 16.3. The molecule has 0 spiro atoms. The lowest BCUT2D eigenvalue weighted by molar-refractivity contribution is -0.131. The number of hydrogen-bond donors (Lipinski definition) is 1. The quantitative estimate of drug-likeness (QED) is 0.797. The fraction of sp³-hybridized carbons (Fsp3) is 0.312. The molecule has 6 heteroatoms. The highest BCUT2D eigenvalue weighted by Crippen LogP contribution is 2.24. The van der Waals surface area contributed by atoms with Crippen molar-refractivity contribution in [2.24, 2.45) is 0 Å². The third-order valence-corrected chi connectivity index (χ3v) is 4.09. The normalized spacial score (nSPS) is 13.4. The van der Waals surface area contributed by atoms with Gasteiger partial charge in [-0.15, -0.1) is 17.9 Å². The van der Waals surface area contributed by atoms with Gasteiger partial charge >= 0.3 is 0 Å². The van der Waals surface area contributed by atoms with Crippen molar-refractivity contribution in [3.63, 3.8) is 0 Å². The van der Waals surface area contributed by atoms with Crippen molar-refractivity contribution in [3.8, 4) is 11.3 Å². The molecule has 2 aromatic rings. The van der Waals surface area contributed by atoms with E-state index in [4.69, 9.17) is 4.74 Å². The first-order valence-corrected chi connectivity index (χ1v) is 7.88. The van der Waals surface area contributed by atoms with Gasteiger partial charge in [0.05, 0.1) is 18.3 Å². The maximum atomic E-state index is 12.0. The second kappa shape index (κ2) is 7.82. The standard InChI is InChI=1S/C16H19N3O2S/c1-4-9-21-12(3)15(20)18-11(2)16-19-14(10-22-16)13-5-7-17-8-6-13/h4-8,10-12H,1,9H2,2-3H3,(H,18,20)/t11-,12-/m0/s1. The van der Waals surface area contributed by atoms with Crippen LogP contribution in [-0.4, -0.2) is 28.6 Å². The van der Waals surface area contributed by atoms with Crippen molar-refractivity contribution < 1.29 is 9.53 Å². The van der Waals surface area contributed by atoms with Gasteiger partial charge in [-0.3, -0.25) is 9.78 Å². The molecule has 1 N–H and O–H groups in total. The fourth-order valence-corrected chi connectivity index (χ4v) is 2.66. The average molecular weight is 317 g/mol. The van der Waals surface area contributed by atoms with Gasteiger partial charge < -0.3 is 10.1 Å². The number of thiazole rings is 1. The van der Waals surface area contributed by atoms with E-state index in [2.05, 4.69) is 21.9 Å². The number of carbonyl (C=O) groups excluding carboxylic acids is 1. The number of pyridine rings is 1. The number of rotatable bonds is 7. The van der Waals surface area contributed by atoms with Crippen LogP contribution in [0, 0.1) is 0 Å². The van der Waals surface area contributed by atoms with Gasteiger partial charge in [0.15, 0.2) is 0 Å². The lowest BCUT2D eigenvalue weighted by Gasteiger charge is -2.15. The summed E-state index contributed by atoms with van der Waals surface area (Å²) in [6.07, 6.45) is 4.57. The minimum Gasteiger partial charge on any atom is -0.365 e. The summed E-state index contributed by atoms with van der Waals surface area (Å²) in [7, 11) is 0. The molecule has 0 bridgehead atoms. The van der Waals surface area contributed by atoms with E-state index in [9.17, 15) is 4.79 Å². The van der Waals surface area contributed by atoms with Crippen LogP contribution in [0.1, 0.15) is 24.9 Å². The molecule has 0 saturated heterocycles. The lowest BCUT2D eigenvalue weighted by Crippen LogP contribution is -2.36. The molecule has 0 radical (unpaired) electrons. The Balaban J connectivity index is 1.99. The van der Waals surface area contributed by atoms with Crippen LogP contribution >= 0.6 is 11.3 Å². The molecule has 0 aromatic carbocycles. The first-order valence-electron chi connectivity index (χ1n) is 7.00. The monoisotopic (exact) mass is 317 g/mol. The first-order chi connectivity index (χ1) is 10.6. The van der Waals surface area contributed by atoms with Crippen LogP contribution in [-0.2, 0) is 9.53 Å². The summed E-state index contributed by atoms with van der Waals surface area (Å²) < 4.78 is 5.31. The van der Waals surface area contributed by atoms with Crippen LogP contribution in [0.3, 0.4) is 0 Å². The summed E-state index contributed by atoms with van der Waals surface area (Å²) in [4.78, 5) is 20.6. The Kier molecular flexibility index (Phi) is 5.80. The number of aromatic nitrogens is 2. The predicted molar refractivity (Wildman–Crippen MR) is 87.5 cm³/mol. The second-order valence-electron chi connectivity index (χ2n) is 4.80. The van der Waals surface area contributed by atoms with Gasteiger partial charge in [0.25, 0.3) is 0 Å². The van der Waals surface area contributed by atoms with Crippen molar-refractivity contribution in [3.05, 3.63) is 47.6 Å². The molecule has 5 nitrogen and oxygen atoms in total. The van der Waals surface area contributed by atoms with Crippen LogP contribution in [0.15, 0.2) is 42.6 Å². The van der Waals surface area contributed by atoms with Crippen LogP contribution in [0.25, 0.3) is 11.3 Å². The number of hydrogen-bond acceptors (Lipinski definition) is 5. The predicted octanol–water partition coefficient (Wildman–Crippen LogP) is 2.97. The summed E-state index contributed by atoms with van der Waals surface area (Å²) in [5.74, 6) is -0.157. The van der Waals surface area contributed by atoms with Crippen molar-refractivity contribution in [1.82, 2.24) is 15.3 Å². The molecule has 2 atom stereocenters. The Hall–Kier alpha value is -2.05. The third-order valence-electron chi connectivity index (χ3n) is 3.06. The second-order valence-corrected chi connectivity index (χ2v) is 5.69. The number of carbonyl (C=O) groups is 1. The Bertz CT molecular complexity index is 627. The maximum Gasteiger partial charge on any atom is 0.249 e. The van der Waals surface area contributed by atoms with Crippen molar-refractivity contribution >= 4 is 17.2 Å². The van der Waals surface area contributed by atoms with E-state index in [-0.39, 0.29) is 11.9 Å². The summed E-state index contributed by atoms with van der Waals surface area (Å²) in [5.41, 5.74) is 1.90. The molecule has 1 amide bonds. The lowest BCUT2D eigenvalue weighted by atomic mass is 10.2. The SMILES string of the molecule is C=CCO[C@@H](C)C(=O)N[C@@H](C)c1nc(-c2ccncc2)cs1. The van der Waals surface area contributed by atoms with Crippen LogP contribution < -0.4 is 5.32 Å². The van der Waals surface area contributed by atoms with E-state index < -0.39 is 6.10 Å². The third kappa shape index (κ3) is 4.22. The molecule has 0 saturated carbocycles. The van der Waals surface area contributed by atoms with Gasteiger partial charge in [0.2, 0.25) is 5.91 Å². The van der Waals surface area contributed by atoms with Crippen molar-refractivity contribution in [2.75, 3.05) is 6.61 Å². The molecule has 0 aliphatic rings. The number of ether oxygens (including phenoxy) is 1.